The standard InChI is InChI=1S/C14H11ClN2/c15-17-10-12-3-7-14(8-4-12)13-5-1-11(9-16)2-6-13/h1-8,17H,10H2. The van der Waals surface area contributed by atoms with E-state index in [-0.39, 0.29) is 0 Å². The molecule has 2 aromatic carbocycles. The molecule has 0 fully saturated rings. The highest BCUT2D eigenvalue weighted by Gasteiger charge is 1.98. The van der Waals surface area contributed by atoms with Crippen LogP contribution in [0.3, 0.4) is 0 Å². The molecule has 0 radical (unpaired) electrons. The summed E-state index contributed by atoms with van der Waals surface area (Å²) in [5.41, 5.74) is 4.05. The van der Waals surface area contributed by atoms with E-state index in [0.717, 1.165) is 16.7 Å². The minimum Gasteiger partial charge on any atom is -0.229 e. The lowest BCUT2D eigenvalue weighted by molar-refractivity contribution is 0.964. The van der Waals surface area contributed by atoms with Crippen molar-refractivity contribution in [3.63, 3.8) is 0 Å². The first-order valence-electron chi connectivity index (χ1n) is 5.26. The summed E-state index contributed by atoms with van der Waals surface area (Å²) in [6.07, 6.45) is 0. The molecule has 0 saturated heterocycles. The van der Waals surface area contributed by atoms with Gasteiger partial charge in [-0.25, -0.2) is 4.84 Å². The number of halogens is 1. The molecule has 17 heavy (non-hydrogen) atoms. The van der Waals surface area contributed by atoms with Crippen LogP contribution in [0, 0.1) is 11.3 Å². The fraction of sp³-hybridized carbons (Fsp3) is 0.0714. The summed E-state index contributed by atoms with van der Waals surface area (Å²) in [6.45, 7) is 0.648. The van der Waals surface area contributed by atoms with Crippen molar-refractivity contribution in [3.05, 3.63) is 59.7 Å². The summed E-state index contributed by atoms with van der Waals surface area (Å²) < 4.78 is 0. The molecule has 0 saturated carbocycles. The molecule has 0 aliphatic heterocycles. The number of nitrogens with zero attached hydrogens (tertiary/aromatic N) is 1. The van der Waals surface area contributed by atoms with E-state index in [1.165, 1.54) is 0 Å². The average molecular weight is 243 g/mol. The van der Waals surface area contributed by atoms with Gasteiger partial charge in [-0.05, 0) is 40.6 Å². The lowest BCUT2D eigenvalue weighted by Crippen LogP contribution is -1.97. The highest BCUT2D eigenvalue weighted by atomic mass is 35.5. The van der Waals surface area contributed by atoms with Gasteiger partial charge in [0.15, 0.2) is 0 Å². The van der Waals surface area contributed by atoms with E-state index in [2.05, 4.69) is 10.9 Å². The molecule has 0 spiro atoms. The van der Waals surface area contributed by atoms with Gasteiger partial charge < -0.3 is 0 Å². The number of rotatable bonds is 3. The molecule has 0 aliphatic rings. The van der Waals surface area contributed by atoms with Crippen LogP contribution < -0.4 is 4.84 Å². The van der Waals surface area contributed by atoms with E-state index in [1.54, 1.807) is 0 Å². The van der Waals surface area contributed by atoms with Crippen LogP contribution in [0.2, 0.25) is 0 Å². The summed E-state index contributed by atoms with van der Waals surface area (Å²) in [5.74, 6) is 0. The van der Waals surface area contributed by atoms with Crippen molar-refractivity contribution in [2.24, 2.45) is 0 Å². The molecule has 0 atom stereocenters. The maximum Gasteiger partial charge on any atom is 0.0991 e. The van der Waals surface area contributed by atoms with E-state index in [1.807, 2.05) is 48.5 Å². The molecule has 2 aromatic rings. The Bertz CT molecular complexity index is 524. The molecule has 0 heterocycles. The van der Waals surface area contributed by atoms with Gasteiger partial charge in [0.1, 0.15) is 0 Å². The third-order valence-electron chi connectivity index (χ3n) is 2.57. The molecule has 0 aliphatic carbocycles. The Morgan fingerprint density at radius 1 is 0.941 bits per heavy atom. The van der Waals surface area contributed by atoms with Gasteiger partial charge in [0.2, 0.25) is 0 Å². The van der Waals surface area contributed by atoms with Gasteiger partial charge in [-0.15, -0.1) is 0 Å². The lowest BCUT2D eigenvalue weighted by Gasteiger charge is -2.03. The van der Waals surface area contributed by atoms with Gasteiger partial charge in [0.25, 0.3) is 0 Å². The summed E-state index contributed by atoms with van der Waals surface area (Å²) in [4.78, 5) is 2.59. The van der Waals surface area contributed by atoms with E-state index in [0.29, 0.717) is 12.1 Å². The number of benzene rings is 2. The highest BCUT2D eigenvalue weighted by molar-refractivity contribution is 6.13. The zero-order chi connectivity index (χ0) is 12.1. The Hall–Kier alpha value is -1.82. The van der Waals surface area contributed by atoms with E-state index >= 15 is 0 Å². The number of hydrogen-bond donors (Lipinski definition) is 1. The summed E-state index contributed by atoms with van der Waals surface area (Å²) in [5, 5.41) is 8.73. The first-order chi connectivity index (χ1) is 8.33. The molecular formula is C14H11ClN2. The van der Waals surface area contributed by atoms with Gasteiger partial charge in [0.05, 0.1) is 11.6 Å². The predicted octanol–water partition coefficient (Wildman–Crippen LogP) is 3.47. The summed E-state index contributed by atoms with van der Waals surface area (Å²) in [6, 6.07) is 17.8. The minimum absolute atomic E-state index is 0.648. The van der Waals surface area contributed by atoms with E-state index < -0.39 is 0 Å². The third kappa shape index (κ3) is 2.85. The Morgan fingerprint density at radius 3 is 1.94 bits per heavy atom. The van der Waals surface area contributed by atoms with Crippen molar-refractivity contribution in [2.45, 2.75) is 6.54 Å². The fourth-order valence-corrected chi connectivity index (χ4v) is 1.78. The minimum atomic E-state index is 0.648. The van der Waals surface area contributed by atoms with Gasteiger partial charge in [-0.1, -0.05) is 36.4 Å². The smallest absolute Gasteiger partial charge is 0.0991 e. The van der Waals surface area contributed by atoms with Crippen LogP contribution in [0.5, 0.6) is 0 Å². The molecule has 0 unspecified atom stereocenters. The number of nitrogens with one attached hydrogen (secondary N) is 1. The van der Waals surface area contributed by atoms with Crippen molar-refractivity contribution in [3.8, 4) is 17.2 Å². The lowest BCUT2D eigenvalue weighted by atomic mass is 10.0. The molecule has 0 bridgehead atoms. The zero-order valence-corrected chi connectivity index (χ0v) is 9.91. The highest BCUT2D eigenvalue weighted by Crippen LogP contribution is 2.20. The van der Waals surface area contributed by atoms with Crippen molar-refractivity contribution < 1.29 is 0 Å². The summed E-state index contributed by atoms with van der Waals surface area (Å²) >= 11 is 5.45. The van der Waals surface area contributed by atoms with Gasteiger partial charge in [0, 0.05) is 6.54 Å². The Kier molecular flexibility index (Phi) is 3.77. The maximum atomic E-state index is 8.73. The number of hydrogen-bond acceptors (Lipinski definition) is 2. The molecule has 0 amide bonds. The SMILES string of the molecule is N#Cc1ccc(-c2ccc(CNCl)cc2)cc1. The van der Waals surface area contributed by atoms with Crippen molar-refractivity contribution in [1.82, 2.24) is 4.84 Å². The van der Waals surface area contributed by atoms with Crippen molar-refractivity contribution >= 4 is 11.8 Å². The molecule has 84 valence electrons. The van der Waals surface area contributed by atoms with Gasteiger partial charge in [-0.2, -0.15) is 5.26 Å². The average Bonchev–Trinajstić information content (AvgIpc) is 2.40. The Labute approximate surface area is 106 Å². The van der Waals surface area contributed by atoms with Gasteiger partial charge >= 0.3 is 0 Å². The van der Waals surface area contributed by atoms with Crippen LogP contribution in [0.4, 0.5) is 0 Å². The molecule has 1 N–H and O–H groups in total. The topological polar surface area (TPSA) is 35.8 Å². The molecule has 3 heteroatoms. The molecular weight excluding hydrogens is 232 g/mol. The van der Waals surface area contributed by atoms with E-state index in [4.69, 9.17) is 17.0 Å². The van der Waals surface area contributed by atoms with Crippen LogP contribution in [0.25, 0.3) is 11.1 Å². The van der Waals surface area contributed by atoms with Crippen LogP contribution in [-0.4, -0.2) is 0 Å². The largest absolute Gasteiger partial charge is 0.229 e. The normalized spacial score (nSPS) is 9.88. The van der Waals surface area contributed by atoms with Crippen LogP contribution in [-0.2, 0) is 6.54 Å². The maximum absolute atomic E-state index is 8.73. The second-order valence-electron chi connectivity index (χ2n) is 3.70. The quantitative estimate of drug-likeness (QED) is 0.837. The first-order valence-corrected chi connectivity index (χ1v) is 5.64. The first kappa shape index (κ1) is 11.7. The fourth-order valence-electron chi connectivity index (χ4n) is 1.63. The Balaban J connectivity index is 2.24. The third-order valence-corrected chi connectivity index (χ3v) is 2.71. The second-order valence-corrected chi connectivity index (χ2v) is 3.96. The van der Waals surface area contributed by atoms with Crippen LogP contribution in [0.1, 0.15) is 11.1 Å². The molecule has 2 nitrogen and oxygen atoms in total. The number of nitriles is 1. The van der Waals surface area contributed by atoms with Crippen LogP contribution >= 0.6 is 11.8 Å². The van der Waals surface area contributed by atoms with Crippen molar-refractivity contribution in [1.29, 1.82) is 5.26 Å². The van der Waals surface area contributed by atoms with E-state index in [9.17, 15) is 0 Å². The zero-order valence-electron chi connectivity index (χ0n) is 9.15. The molecule has 2 rings (SSSR count). The predicted molar refractivity (Wildman–Crippen MR) is 69.3 cm³/mol. The van der Waals surface area contributed by atoms with Crippen molar-refractivity contribution in [2.75, 3.05) is 0 Å². The molecule has 0 aromatic heterocycles. The summed E-state index contributed by atoms with van der Waals surface area (Å²) in [7, 11) is 0. The van der Waals surface area contributed by atoms with Crippen LogP contribution in [0.15, 0.2) is 48.5 Å². The van der Waals surface area contributed by atoms with Gasteiger partial charge in [-0.3, -0.25) is 0 Å². The monoisotopic (exact) mass is 242 g/mol. The Morgan fingerprint density at radius 2 is 1.47 bits per heavy atom. The second kappa shape index (κ2) is 5.49.